The highest BCUT2D eigenvalue weighted by molar-refractivity contribution is 5.40. The van der Waals surface area contributed by atoms with E-state index in [0.717, 1.165) is 23.8 Å². The molecule has 102 valence electrons. The Hall–Kier alpha value is -1.62. The van der Waals surface area contributed by atoms with Crippen molar-refractivity contribution >= 4 is 5.65 Å². The van der Waals surface area contributed by atoms with Gasteiger partial charge >= 0.3 is 0 Å². The van der Waals surface area contributed by atoms with Gasteiger partial charge in [0.2, 0.25) is 5.88 Å². The Balaban J connectivity index is 1.85. The second-order valence-electron chi connectivity index (χ2n) is 5.20. The first-order chi connectivity index (χ1) is 9.28. The van der Waals surface area contributed by atoms with Gasteiger partial charge in [-0.25, -0.2) is 4.98 Å². The zero-order valence-electron chi connectivity index (χ0n) is 11.5. The van der Waals surface area contributed by atoms with Crippen LogP contribution >= 0.6 is 0 Å². The molecule has 5 heteroatoms. The van der Waals surface area contributed by atoms with Crippen LogP contribution in [0.5, 0.6) is 5.88 Å². The Morgan fingerprint density at radius 1 is 1.37 bits per heavy atom. The minimum atomic E-state index is 0.567. The third-order valence-electron chi connectivity index (χ3n) is 3.92. The molecule has 2 aromatic heterocycles. The van der Waals surface area contributed by atoms with E-state index < -0.39 is 0 Å². The molecule has 19 heavy (non-hydrogen) atoms. The molecule has 1 atom stereocenters. The van der Waals surface area contributed by atoms with Crippen molar-refractivity contribution in [2.45, 2.75) is 31.7 Å². The molecule has 0 aromatic carbocycles. The molecule has 0 aliphatic carbocycles. The van der Waals surface area contributed by atoms with Crippen molar-refractivity contribution in [2.75, 3.05) is 20.7 Å². The lowest BCUT2D eigenvalue weighted by Gasteiger charge is -2.31. The molecule has 0 bridgehead atoms. The number of pyridine rings is 1. The summed E-state index contributed by atoms with van der Waals surface area (Å²) in [5.74, 6) is 1.64. The number of piperidine rings is 1. The van der Waals surface area contributed by atoms with Crippen molar-refractivity contribution in [2.24, 2.45) is 0 Å². The van der Waals surface area contributed by atoms with Gasteiger partial charge in [0.25, 0.3) is 0 Å². The van der Waals surface area contributed by atoms with Crippen molar-refractivity contribution < 1.29 is 4.74 Å². The fourth-order valence-corrected chi connectivity index (χ4v) is 2.78. The first kappa shape index (κ1) is 12.4. The number of ether oxygens (including phenoxy) is 1. The van der Waals surface area contributed by atoms with Crippen LogP contribution in [-0.2, 0) is 6.42 Å². The monoisotopic (exact) mass is 260 g/mol. The van der Waals surface area contributed by atoms with E-state index in [9.17, 15) is 0 Å². The molecule has 1 unspecified atom stereocenters. The van der Waals surface area contributed by atoms with Gasteiger partial charge in [-0.3, -0.25) is 0 Å². The van der Waals surface area contributed by atoms with Crippen LogP contribution in [0.4, 0.5) is 0 Å². The average Bonchev–Trinajstić information content (AvgIpc) is 2.83. The van der Waals surface area contributed by atoms with Crippen molar-refractivity contribution in [3.05, 3.63) is 24.0 Å². The van der Waals surface area contributed by atoms with Crippen LogP contribution < -0.4 is 4.74 Å². The van der Waals surface area contributed by atoms with E-state index in [1.165, 1.54) is 25.8 Å². The molecule has 5 nitrogen and oxygen atoms in total. The van der Waals surface area contributed by atoms with Crippen molar-refractivity contribution in [3.63, 3.8) is 0 Å². The summed E-state index contributed by atoms with van der Waals surface area (Å²) in [5.41, 5.74) is 0.854. The second kappa shape index (κ2) is 5.17. The summed E-state index contributed by atoms with van der Waals surface area (Å²) in [7, 11) is 3.85. The quantitative estimate of drug-likeness (QED) is 0.843. The number of hydrogen-bond donors (Lipinski definition) is 0. The summed E-state index contributed by atoms with van der Waals surface area (Å²) in [5, 5.41) is 4.57. The van der Waals surface area contributed by atoms with Crippen LogP contribution in [0.3, 0.4) is 0 Å². The minimum absolute atomic E-state index is 0.567. The summed E-state index contributed by atoms with van der Waals surface area (Å²) >= 11 is 0. The molecule has 0 saturated carbocycles. The van der Waals surface area contributed by atoms with Gasteiger partial charge in [-0.1, -0.05) is 12.5 Å². The van der Waals surface area contributed by atoms with Crippen LogP contribution in [0, 0.1) is 0 Å². The van der Waals surface area contributed by atoms with E-state index in [1.807, 2.05) is 18.2 Å². The third-order valence-corrected chi connectivity index (χ3v) is 3.92. The SMILES string of the molecule is COc1cccc2nc(CC3CCCCN3C)nn12. The van der Waals surface area contributed by atoms with E-state index in [1.54, 1.807) is 11.6 Å². The molecule has 1 fully saturated rings. The second-order valence-corrected chi connectivity index (χ2v) is 5.20. The smallest absolute Gasteiger partial charge is 0.216 e. The summed E-state index contributed by atoms with van der Waals surface area (Å²) in [6.45, 7) is 1.18. The standard InChI is InChI=1S/C14H20N4O/c1-17-9-4-3-6-11(17)10-12-15-13-7-5-8-14(19-2)18(13)16-12/h5,7-8,11H,3-4,6,9-10H2,1-2H3. The number of aromatic nitrogens is 3. The number of nitrogens with zero attached hydrogens (tertiary/aromatic N) is 4. The first-order valence-corrected chi connectivity index (χ1v) is 6.87. The molecule has 0 radical (unpaired) electrons. The number of methoxy groups -OCH3 is 1. The molecule has 0 N–H and O–H groups in total. The van der Waals surface area contributed by atoms with Gasteiger partial charge < -0.3 is 9.64 Å². The van der Waals surface area contributed by atoms with E-state index in [4.69, 9.17) is 4.74 Å². The van der Waals surface area contributed by atoms with Gasteiger partial charge in [-0.05, 0) is 32.5 Å². The predicted molar refractivity (Wildman–Crippen MR) is 73.5 cm³/mol. The molecular formula is C14H20N4O. The Bertz CT molecular complexity index is 566. The maximum absolute atomic E-state index is 5.30. The van der Waals surface area contributed by atoms with Crippen molar-refractivity contribution in [1.29, 1.82) is 0 Å². The van der Waals surface area contributed by atoms with Crippen LogP contribution in [0.1, 0.15) is 25.1 Å². The summed E-state index contributed by atoms with van der Waals surface area (Å²) < 4.78 is 7.08. The summed E-state index contributed by atoms with van der Waals surface area (Å²) in [6.07, 6.45) is 4.77. The van der Waals surface area contributed by atoms with Crippen molar-refractivity contribution in [3.8, 4) is 5.88 Å². The average molecular weight is 260 g/mol. The maximum Gasteiger partial charge on any atom is 0.216 e. The van der Waals surface area contributed by atoms with E-state index >= 15 is 0 Å². The van der Waals surface area contributed by atoms with Gasteiger partial charge in [0.1, 0.15) is 0 Å². The summed E-state index contributed by atoms with van der Waals surface area (Å²) in [6, 6.07) is 6.37. The van der Waals surface area contributed by atoms with Gasteiger partial charge in [-0.2, -0.15) is 4.52 Å². The lowest BCUT2D eigenvalue weighted by Crippen LogP contribution is -2.37. The van der Waals surface area contributed by atoms with Crippen LogP contribution in [0.25, 0.3) is 5.65 Å². The lowest BCUT2D eigenvalue weighted by molar-refractivity contribution is 0.182. The number of hydrogen-bond acceptors (Lipinski definition) is 4. The molecule has 2 aromatic rings. The Kier molecular flexibility index (Phi) is 3.38. The van der Waals surface area contributed by atoms with E-state index in [-0.39, 0.29) is 0 Å². The van der Waals surface area contributed by atoms with Crippen LogP contribution in [-0.4, -0.2) is 46.2 Å². The predicted octanol–water partition coefficient (Wildman–Crippen LogP) is 1.76. The molecule has 0 spiro atoms. The molecule has 1 aliphatic heterocycles. The largest absolute Gasteiger partial charge is 0.481 e. The normalized spacial score (nSPS) is 20.8. The number of fused-ring (bicyclic) bond motifs is 1. The Labute approximate surface area is 113 Å². The molecule has 1 aliphatic rings. The maximum atomic E-state index is 5.30. The van der Waals surface area contributed by atoms with E-state index in [2.05, 4.69) is 22.0 Å². The lowest BCUT2D eigenvalue weighted by atomic mass is 10.00. The number of rotatable bonds is 3. The van der Waals surface area contributed by atoms with Gasteiger partial charge in [0, 0.05) is 18.5 Å². The van der Waals surface area contributed by atoms with Crippen molar-refractivity contribution in [1.82, 2.24) is 19.5 Å². The third kappa shape index (κ3) is 2.42. The van der Waals surface area contributed by atoms with Gasteiger partial charge in [-0.15, -0.1) is 5.10 Å². The molecule has 0 amide bonds. The highest BCUT2D eigenvalue weighted by Crippen LogP contribution is 2.19. The summed E-state index contributed by atoms with van der Waals surface area (Å²) in [4.78, 5) is 7.02. The molecule has 3 rings (SSSR count). The van der Waals surface area contributed by atoms with Crippen LogP contribution in [0.15, 0.2) is 18.2 Å². The Morgan fingerprint density at radius 2 is 2.26 bits per heavy atom. The molecule has 1 saturated heterocycles. The van der Waals surface area contributed by atoms with Gasteiger partial charge in [0.15, 0.2) is 11.5 Å². The fourth-order valence-electron chi connectivity index (χ4n) is 2.78. The zero-order valence-corrected chi connectivity index (χ0v) is 11.5. The number of likely N-dealkylation sites (N-methyl/N-ethyl adjacent to an activating group) is 1. The van der Waals surface area contributed by atoms with Crippen LogP contribution in [0.2, 0.25) is 0 Å². The topological polar surface area (TPSA) is 42.7 Å². The number of likely N-dealkylation sites (tertiary alicyclic amines) is 1. The van der Waals surface area contributed by atoms with E-state index in [0.29, 0.717) is 6.04 Å². The minimum Gasteiger partial charge on any atom is -0.481 e. The van der Waals surface area contributed by atoms with Gasteiger partial charge in [0.05, 0.1) is 7.11 Å². The first-order valence-electron chi connectivity index (χ1n) is 6.87. The highest BCUT2D eigenvalue weighted by Gasteiger charge is 2.21. The molecular weight excluding hydrogens is 240 g/mol. The Morgan fingerprint density at radius 3 is 3.05 bits per heavy atom. The molecule has 3 heterocycles. The zero-order chi connectivity index (χ0) is 13.2. The fraction of sp³-hybridized carbons (Fsp3) is 0.571. The highest BCUT2D eigenvalue weighted by atomic mass is 16.5.